The van der Waals surface area contributed by atoms with Crippen molar-refractivity contribution in [3.8, 4) is 11.5 Å². The second kappa shape index (κ2) is 5.41. The molecular formula is C14H21NO2. The summed E-state index contributed by atoms with van der Waals surface area (Å²) in [5.41, 5.74) is 7.17. The van der Waals surface area contributed by atoms with Gasteiger partial charge >= 0.3 is 0 Å². The molecule has 0 fully saturated rings. The van der Waals surface area contributed by atoms with Crippen LogP contribution in [0.2, 0.25) is 0 Å². The number of nitrogens with two attached hydrogens (primary N) is 1. The fourth-order valence-electron chi connectivity index (χ4n) is 2.50. The van der Waals surface area contributed by atoms with E-state index < -0.39 is 0 Å². The normalized spacial score (nSPS) is 16.9. The van der Waals surface area contributed by atoms with Gasteiger partial charge in [-0.1, -0.05) is 32.8 Å². The Hall–Kier alpha value is -1.22. The molecule has 94 valence electrons. The molecule has 3 heteroatoms. The van der Waals surface area contributed by atoms with Gasteiger partial charge in [-0.25, -0.2) is 0 Å². The van der Waals surface area contributed by atoms with Gasteiger partial charge in [0, 0.05) is 0 Å². The Balaban J connectivity index is 2.19. The van der Waals surface area contributed by atoms with Crippen molar-refractivity contribution in [2.24, 2.45) is 11.7 Å². The molecule has 0 saturated heterocycles. The monoisotopic (exact) mass is 235 g/mol. The maximum absolute atomic E-state index is 5.91. The molecule has 3 nitrogen and oxygen atoms in total. The molecule has 0 aliphatic carbocycles. The Morgan fingerprint density at radius 2 is 2.06 bits per heavy atom. The molecule has 0 aromatic heterocycles. The van der Waals surface area contributed by atoms with Gasteiger partial charge in [-0.05, 0) is 36.1 Å². The molecule has 2 rings (SSSR count). The first-order valence-corrected chi connectivity index (χ1v) is 6.35. The van der Waals surface area contributed by atoms with Crippen LogP contribution in [0.3, 0.4) is 0 Å². The van der Waals surface area contributed by atoms with Gasteiger partial charge in [0.05, 0.1) is 0 Å². The third-order valence-electron chi connectivity index (χ3n) is 3.51. The maximum Gasteiger partial charge on any atom is 0.231 e. The highest BCUT2D eigenvalue weighted by atomic mass is 16.7. The van der Waals surface area contributed by atoms with Crippen LogP contribution in [0, 0.1) is 5.92 Å². The summed E-state index contributed by atoms with van der Waals surface area (Å²) in [5, 5.41) is 0. The molecule has 1 aromatic carbocycles. The van der Waals surface area contributed by atoms with Crippen LogP contribution >= 0.6 is 0 Å². The molecule has 2 N–H and O–H groups in total. The minimum Gasteiger partial charge on any atom is -0.454 e. The van der Waals surface area contributed by atoms with Crippen LogP contribution in [0.5, 0.6) is 11.5 Å². The highest BCUT2D eigenvalue weighted by molar-refractivity contribution is 5.45. The van der Waals surface area contributed by atoms with Crippen molar-refractivity contribution >= 4 is 0 Å². The Bertz CT molecular complexity index is 378. The average Bonchev–Trinajstić information content (AvgIpc) is 2.77. The van der Waals surface area contributed by atoms with Crippen molar-refractivity contribution in [1.29, 1.82) is 0 Å². The largest absolute Gasteiger partial charge is 0.454 e. The second-order valence-electron chi connectivity index (χ2n) is 4.72. The van der Waals surface area contributed by atoms with E-state index in [1.165, 1.54) is 18.4 Å². The number of hydrogen-bond acceptors (Lipinski definition) is 3. The Morgan fingerprint density at radius 1 is 1.29 bits per heavy atom. The fourth-order valence-corrected chi connectivity index (χ4v) is 2.50. The molecule has 1 aliphatic rings. The third kappa shape index (κ3) is 2.55. The lowest BCUT2D eigenvalue weighted by atomic mass is 9.84. The van der Waals surface area contributed by atoms with E-state index in [-0.39, 0.29) is 0 Å². The summed E-state index contributed by atoms with van der Waals surface area (Å²) in [4.78, 5) is 0. The lowest BCUT2D eigenvalue weighted by molar-refractivity contribution is 0.174. The second-order valence-corrected chi connectivity index (χ2v) is 4.72. The van der Waals surface area contributed by atoms with E-state index in [4.69, 9.17) is 15.2 Å². The number of fused-ring (bicyclic) bond motifs is 1. The fraction of sp³-hybridized carbons (Fsp3) is 0.571. The minimum absolute atomic E-state index is 0.330. The zero-order valence-corrected chi connectivity index (χ0v) is 10.6. The van der Waals surface area contributed by atoms with Crippen LogP contribution < -0.4 is 15.2 Å². The zero-order valence-electron chi connectivity index (χ0n) is 10.6. The number of benzene rings is 1. The van der Waals surface area contributed by atoms with E-state index in [9.17, 15) is 0 Å². The molecule has 1 heterocycles. The summed E-state index contributed by atoms with van der Waals surface area (Å²) in [6, 6.07) is 6.17. The average molecular weight is 235 g/mol. The van der Waals surface area contributed by atoms with Gasteiger partial charge in [-0.2, -0.15) is 0 Å². The summed E-state index contributed by atoms with van der Waals surface area (Å²) < 4.78 is 10.7. The first kappa shape index (κ1) is 12.2. The SMILES string of the molecule is CCCC(C)C(CN)c1ccc2c(c1)OCO2. The summed E-state index contributed by atoms with van der Waals surface area (Å²) in [5.74, 6) is 2.70. The molecule has 0 amide bonds. The number of rotatable bonds is 5. The van der Waals surface area contributed by atoms with Crippen molar-refractivity contribution < 1.29 is 9.47 Å². The molecule has 0 spiro atoms. The van der Waals surface area contributed by atoms with E-state index in [2.05, 4.69) is 26.0 Å². The summed E-state index contributed by atoms with van der Waals surface area (Å²) in [6.45, 7) is 5.49. The van der Waals surface area contributed by atoms with Crippen LogP contribution in [0.1, 0.15) is 38.2 Å². The van der Waals surface area contributed by atoms with E-state index in [1.807, 2.05) is 6.07 Å². The highest BCUT2D eigenvalue weighted by Crippen LogP contribution is 2.36. The molecule has 0 radical (unpaired) electrons. The van der Waals surface area contributed by atoms with Gasteiger partial charge < -0.3 is 15.2 Å². The predicted octanol–water partition coefficient (Wildman–Crippen LogP) is 2.89. The lowest BCUT2D eigenvalue weighted by Crippen LogP contribution is -2.19. The van der Waals surface area contributed by atoms with E-state index in [1.54, 1.807) is 0 Å². The molecule has 2 atom stereocenters. The van der Waals surface area contributed by atoms with E-state index in [0.717, 1.165) is 11.5 Å². The van der Waals surface area contributed by atoms with Crippen LogP contribution in [0.15, 0.2) is 18.2 Å². The van der Waals surface area contributed by atoms with Crippen molar-refractivity contribution in [1.82, 2.24) is 0 Å². The number of ether oxygens (including phenoxy) is 2. The van der Waals surface area contributed by atoms with Gasteiger partial charge in [-0.15, -0.1) is 0 Å². The first-order chi connectivity index (χ1) is 8.26. The summed E-state index contributed by atoms with van der Waals surface area (Å²) in [7, 11) is 0. The van der Waals surface area contributed by atoms with Gasteiger partial charge in [0.25, 0.3) is 0 Å². The van der Waals surface area contributed by atoms with Gasteiger partial charge in [-0.3, -0.25) is 0 Å². The van der Waals surface area contributed by atoms with Crippen molar-refractivity contribution in [2.75, 3.05) is 13.3 Å². The molecule has 0 bridgehead atoms. The van der Waals surface area contributed by atoms with Crippen LogP contribution in [-0.2, 0) is 0 Å². The summed E-state index contributed by atoms with van der Waals surface area (Å²) >= 11 is 0. The highest BCUT2D eigenvalue weighted by Gasteiger charge is 2.20. The van der Waals surface area contributed by atoms with Crippen LogP contribution in [0.4, 0.5) is 0 Å². The van der Waals surface area contributed by atoms with E-state index >= 15 is 0 Å². The third-order valence-corrected chi connectivity index (χ3v) is 3.51. The quantitative estimate of drug-likeness (QED) is 0.853. The molecule has 2 unspecified atom stereocenters. The Kier molecular flexibility index (Phi) is 3.89. The van der Waals surface area contributed by atoms with Crippen molar-refractivity contribution in [2.45, 2.75) is 32.6 Å². The van der Waals surface area contributed by atoms with Crippen LogP contribution in [0.25, 0.3) is 0 Å². The van der Waals surface area contributed by atoms with Gasteiger partial charge in [0.2, 0.25) is 6.79 Å². The Labute approximate surface area is 103 Å². The number of hydrogen-bond donors (Lipinski definition) is 1. The predicted molar refractivity (Wildman–Crippen MR) is 68.4 cm³/mol. The van der Waals surface area contributed by atoms with Gasteiger partial charge in [0.15, 0.2) is 11.5 Å². The summed E-state index contributed by atoms with van der Waals surface area (Å²) in [6.07, 6.45) is 2.40. The molecule has 1 aliphatic heterocycles. The smallest absolute Gasteiger partial charge is 0.231 e. The molecule has 0 saturated carbocycles. The molecular weight excluding hydrogens is 214 g/mol. The topological polar surface area (TPSA) is 44.5 Å². The Morgan fingerprint density at radius 3 is 2.76 bits per heavy atom. The molecule has 17 heavy (non-hydrogen) atoms. The van der Waals surface area contributed by atoms with E-state index in [0.29, 0.717) is 25.2 Å². The van der Waals surface area contributed by atoms with Crippen molar-refractivity contribution in [3.63, 3.8) is 0 Å². The standard InChI is InChI=1S/C14H21NO2/c1-3-4-10(2)12(8-15)11-5-6-13-14(7-11)17-9-16-13/h5-7,10,12H,3-4,8-9,15H2,1-2H3. The lowest BCUT2D eigenvalue weighted by Gasteiger charge is -2.22. The zero-order chi connectivity index (χ0) is 12.3. The molecule has 1 aromatic rings. The maximum atomic E-state index is 5.91. The first-order valence-electron chi connectivity index (χ1n) is 6.35. The van der Waals surface area contributed by atoms with Crippen LogP contribution in [-0.4, -0.2) is 13.3 Å². The van der Waals surface area contributed by atoms with Crippen molar-refractivity contribution in [3.05, 3.63) is 23.8 Å². The van der Waals surface area contributed by atoms with Gasteiger partial charge in [0.1, 0.15) is 0 Å². The minimum atomic E-state index is 0.330.